The molecule has 2 aromatic rings. The van der Waals surface area contributed by atoms with E-state index in [9.17, 15) is 0 Å². The summed E-state index contributed by atoms with van der Waals surface area (Å²) in [5.41, 5.74) is 3.69. The fourth-order valence-corrected chi connectivity index (χ4v) is 2.94. The van der Waals surface area contributed by atoms with Gasteiger partial charge in [-0.15, -0.1) is 0 Å². The summed E-state index contributed by atoms with van der Waals surface area (Å²) < 4.78 is 3.13. The molecule has 0 radical (unpaired) electrons. The first-order valence-electron chi connectivity index (χ1n) is 6.89. The highest BCUT2D eigenvalue weighted by molar-refractivity contribution is 9.10. The lowest BCUT2D eigenvalue weighted by atomic mass is 10.2. The zero-order valence-corrected chi connectivity index (χ0v) is 13.9. The Morgan fingerprint density at radius 3 is 2.60 bits per heavy atom. The van der Waals surface area contributed by atoms with Crippen LogP contribution in [0.3, 0.4) is 0 Å². The Hall–Kier alpha value is -1.20. The van der Waals surface area contributed by atoms with Crippen LogP contribution in [0.2, 0.25) is 0 Å². The molecular formula is C15H21BrN4. The number of aromatic nitrogens is 3. The van der Waals surface area contributed by atoms with Crippen molar-refractivity contribution in [2.75, 3.05) is 13.6 Å². The second-order valence-corrected chi connectivity index (χ2v) is 5.82. The second-order valence-electron chi connectivity index (χ2n) is 5.03. The van der Waals surface area contributed by atoms with Crippen molar-refractivity contribution in [2.24, 2.45) is 7.05 Å². The molecule has 0 saturated heterocycles. The van der Waals surface area contributed by atoms with Gasteiger partial charge in [-0.1, -0.05) is 6.92 Å². The average Bonchev–Trinajstić information content (AvgIpc) is 2.73. The molecule has 0 amide bonds. The molecule has 0 unspecified atom stereocenters. The van der Waals surface area contributed by atoms with Crippen molar-refractivity contribution in [1.82, 2.24) is 19.7 Å². The Bertz CT molecular complexity index is 551. The Labute approximate surface area is 128 Å². The van der Waals surface area contributed by atoms with Crippen LogP contribution in [0.4, 0.5) is 0 Å². The standard InChI is InChI=1S/C15H21BrN4/c1-4-13-15(16)14(20(3)18-13)11-19(2)10-7-12-5-8-17-9-6-12/h5-6,8-9H,4,7,10-11H2,1-3H3. The van der Waals surface area contributed by atoms with E-state index < -0.39 is 0 Å². The molecule has 0 bridgehead atoms. The Balaban J connectivity index is 1.95. The van der Waals surface area contributed by atoms with Gasteiger partial charge < -0.3 is 4.90 Å². The highest BCUT2D eigenvalue weighted by atomic mass is 79.9. The smallest absolute Gasteiger partial charge is 0.0767 e. The van der Waals surface area contributed by atoms with Crippen molar-refractivity contribution >= 4 is 15.9 Å². The molecule has 5 heteroatoms. The van der Waals surface area contributed by atoms with Gasteiger partial charge in [-0.05, 0) is 53.5 Å². The SMILES string of the molecule is CCc1nn(C)c(CN(C)CCc2ccncc2)c1Br. The third-order valence-corrected chi connectivity index (χ3v) is 4.37. The van der Waals surface area contributed by atoms with E-state index in [0.717, 1.165) is 36.1 Å². The molecule has 2 heterocycles. The number of pyridine rings is 1. The van der Waals surface area contributed by atoms with Crippen LogP contribution in [0.1, 0.15) is 23.9 Å². The van der Waals surface area contributed by atoms with Gasteiger partial charge in [-0.25, -0.2) is 0 Å². The summed E-state index contributed by atoms with van der Waals surface area (Å²) in [6.07, 6.45) is 5.69. The van der Waals surface area contributed by atoms with Crippen molar-refractivity contribution in [2.45, 2.75) is 26.3 Å². The molecule has 0 saturated carbocycles. The fourth-order valence-electron chi connectivity index (χ4n) is 2.20. The monoisotopic (exact) mass is 336 g/mol. The lowest BCUT2D eigenvalue weighted by Crippen LogP contribution is -2.22. The van der Waals surface area contributed by atoms with Crippen molar-refractivity contribution in [3.8, 4) is 0 Å². The molecule has 4 nitrogen and oxygen atoms in total. The minimum absolute atomic E-state index is 0.898. The van der Waals surface area contributed by atoms with E-state index in [-0.39, 0.29) is 0 Å². The summed E-state index contributed by atoms with van der Waals surface area (Å²) in [6, 6.07) is 4.14. The molecule has 0 aliphatic rings. The van der Waals surface area contributed by atoms with Crippen LogP contribution in [0.25, 0.3) is 0 Å². The zero-order valence-electron chi connectivity index (χ0n) is 12.3. The first-order valence-corrected chi connectivity index (χ1v) is 7.68. The molecule has 0 atom stereocenters. The van der Waals surface area contributed by atoms with Gasteiger partial charge in [-0.2, -0.15) is 5.10 Å². The van der Waals surface area contributed by atoms with Gasteiger partial charge in [0.1, 0.15) is 0 Å². The molecule has 2 aromatic heterocycles. The van der Waals surface area contributed by atoms with Crippen LogP contribution in [-0.2, 0) is 26.4 Å². The minimum Gasteiger partial charge on any atom is -0.300 e. The first-order chi connectivity index (χ1) is 9.61. The van der Waals surface area contributed by atoms with Gasteiger partial charge in [0.15, 0.2) is 0 Å². The number of hydrogen-bond donors (Lipinski definition) is 0. The van der Waals surface area contributed by atoms with Crippen LogP contribution in [0.5, 0.6) is 0 Å². The fraction of sp³-hybridized carbons (Fsp3) is 0.467. The Morgan fingerprint density at radius 2 is 2.00 bits per heavy atom. The summed E-state index contributed by atoms with van der Waals surface area (Å²) in [5, 5.41) is 4.53. The highest BCUT2D eigenvalue weighted by Crippen LogP contribution is 2.22. The maximum Gasteiger partial charge on any atom is 0.0767 e. The van der Waals surface area contributed by atoms with Crippen molar-refractivity contribution in [1.29, 1.82) is 0 Å². The van der Waals surface area contributed by atoms with Crippen molar-refractivity contribution in [3.63, 3.8) is 0 Å². The summed E-state index contributed by atoms with van der Waals surface area (Å²) in [7, 11) is 4.15. The molecule has 2 rings (SSSR count). The predicted molar refractivity (Wildman–Crippen MR) is 84.6 cm³/mol. The number of rotatable bonds is 6. The molecule has 0 aliphatic heterocycles. The van der Waals surface area contributed by atoms with Gasteiger partial charge in [0.25, 0.3) is 0 Å². The van der Waals surface area contributed by atoms with E-state index in [1.54, 1.807) is 0 Å². The molecule has 0 spiro atoms. The summed E-state index contributed by atoms with van der Waals surface area (Å²) in [4.78, 5) is 6.37. The molecule has 0 aromatic carbocycles. The Morgan fingerprint density at radius 1 is 1.30 bits per heavy atom. The maximum absolute atomic E-state index is 4.53. The maximum atomic E-state index is 4.53. The summed E-state index contributed by atoms with van der Waals surface area (Å²) in [6.45, 7) is 4.04. The normalized spacial score (nSPS) is 11.2. The molecule has 0 aliphatic carbocycles. The number of halogens is 1. The quantitative estimate of drug-likeness (QED) is 0.813. The summed E-state index contributed by atoms with van der Waals surface area (Å²) in [5.74, 6) is 0. The van der Waals surface area contributed by atoms with Gasteiger partial charge in [0.2, 0.25) is 0 Å². The van der Waals surface area contributed by atoms with E-state index in [0.29, 0.717) is 0 Å². The molecule has 0 N–H and O–H groups in total. The van der Waals surface area contributed by atoms with Crippen LogP contribution in [0.15, 0.2) is 29.0 Å². The zero-order chi connectivity index (χ0) is 14.5. The number of likely N-dealkylation sites (N-methyl/N-ethyl adjacent to an activating group) is 1. The summed E-state index contributed by atoms with van der Waals surface area (Å²) >= 11 is 3.67. The third kappa shape index (κ3) is 3.67. The van der Waals surface area contributed by atoms with Crippen molar-refractivity contribution in [3.05, 3.63) is 46.0 Å². The van der Waals surface area contributed by atoms with Crippen LogP contribution >= 0.6 is 15.9 Å². The lowest BCUT2D eigenvalue weighted by Gasteiger charge is -2.17. The van der Waals surface area contributed by atoms with Gasteiger partial charge in [0.05, 0.1) is 15.9 Å². The average molecular weight is 337 g/mol. The van der Waals surface area contributed by atoms with E-state index >= 15 is 0 Å². The largest absolute Gasteiger partial charge is 0.300 e. The van der Waals surface area contributed by atoms with E-state index in [1.165, 1.54) is 11.3 Å². The Kier molecular flexibility index (Phi) is 5.31. The van der Waals surface area contributed by atoms with E-state index in [1.807, 2.05) is 24.1 Å². The number of aryl methyl sites for hydroxylation is 2. The van der Waals surface area contributed by atoms with Crippen LogP contribution in [0, 0.1) is 0 Å². The highest BCUT2D eigenvalue weighted by Gasteiger charge is 2.14. The van der Waals surface area contributed by atoms with Gasteiger partial charge in [-0.3, -0.25) is 9.67 Å². The molecular weight excluding hydrogens is 316 g/mol. The molecule has 108 valence electrons. The number of hydrogen-bond acceptors (Lipinski definition) is 3. The topological polar surface area (TPSA) is 34.0 Å². The van der Waals surface area contributed by atoms with Crippen LogP contribution in [-0.4, -0.2) is 33.3 Å². The molecule has 20 heavy (non-hydrogen) atoms. The van der Waals surface area contributed by atoms with Gasteiger partial charge in [0, 0.05) is 32.5 Å². The third-order valence-electron chi connectivity index (χ3n) is 3.45. The lowest BCUT2D eigenvalue weighted by molar-refractivity contribution is 0.320. The predicted octanol–water partition coefficient (Wildman–Crippen LogP) is 2.81. The number of nitrogens with zero attached hydrogens (tertiary/aromatic N) is 4. The second kappa shape index (κ2) is 6.99. The first kappa shape index (κ1) is 15.2. The van der Waals surface area contributed by atoms with Crippen LogP contribution < -0.4 is 0 Å². The van der Waals surface area contributed by atoms with Gasteiger partial charge >= 0.3 is 0 Å². The van der Waals surface area contributed by atoms with E-state index in [4.69, 9.17) is 0 Å². The van der Waals surface area contributed by atoms with Crippen molar-refractivity contribution < 1.29 is 0 Å². The molecule has 0 fully saturated rings. The van der Waals surface area contributed by atoms with E-state index in [2.05, 4.69) is 57.0 Å². The minimum atomic E-state index is 0.898.